The van der Waals surface area contributed by atoms with Gasteiger partial charge < -0.3 is 15.3 Å². The molecule has 1 heterocycles. The number of hydrogen-bond donors (Lipinski definition) is 2. The zero-order chi connectivity index (χ0) is 15.6. The lowest BCUT2D eigenvalue weighted by Crippen LogP contribution is -2.33. The number of rotatable bonds is 4. The summed E-state index contributed by atoms with van der Waals surface area (Å²) in [6.07, 6.45) is 1.02. The fourth-order valence-corrected chi connectivity index (χ4v) is 2.31. The van der Waals surface area contributed by atoms with E-state index in [0.717, 1.165) is 11.3 Å². The van der Waals surface area contributed by atoms with Gasteiger partial charge in [-0.2, -0.15) is 0 Å². The number of aryl methyl sites for hydroxylation is 1. The standard InChI is InChI=1S/C15H18N2O4/c1-9(15(20)21)8-17(2)14(19)11-3-5-12-10(7-11)4-6-13(18)16-12/h3,5,7,9H,4,6,8H2,1-2H3,(H,16,18)(H,20,21)/t9-/m0/s1. The molecule has 1 aromatic rings. The summed E-state index contributed by atoms with van der Waals surface area (Å²) in [5, 5.41) is 11.6. The summed E-state index contributed by atoms with van der Waals surface area (Å²) in [5.41, 5.74) is 2.18. The minimum atomic E-state index is -0.928. The van der Waals surface area contributed by atoms with Crippen LogP contribution in [0.15, 0.2) is 18.2 Å². The summed E-state index contributed by atoms with van der Waals surface area (Å²) in [6.45, 7) is 1.72. The molecule has 1 aliphatic rings. The number of carbonyl (C=O) groups excluding carboxylic acids is 2. The van der Waals surface area contributed by atoms with Crippen LogP contribution in [0, 0.1) is 5.92 Å². The van der Waals surface area contributed by atoms with Crippen LogP contribution in [0.1, 0.15) is 29.3 Å². The van der Waals surface area contributed by atoms with E-state index < -0.39 is 11.9 Å². The van der Waals surface area contributed by atoms with Gasteiger partial charge in [-0.25, -0.2) is 0 Å². The average Bonchev–Trinajstić information content (AvgIpc) is 2.45. The minimum Gasteiger partial charge on any atom is -0.481 e. The normalized spacial score (nSPS) is 14.9. The number of fused-ring (bicyclic) bond motifs is 1. The van der Waals surface area contributed by atoms with Crippen molar-refractivity contribution in [3.8, 4) is 0 Å². The molecule has 1 atom stereocenters. The maximum Gasteiger partial charge on any atom is 0.308 e. The Balaban J connectivity index is 2.13. The monoisotopic (exact) mass is 290 g/mol. The Morgan fingerprint density at radius 2 is 2.10 bits per heavy atom. The van der Waals surface area contributed by atoms with Crippen LogP contribution in [0.2, 0.25) is 0 Å². The first-order valence-electron chi connectivity index (χ1n) is 6.79. The summed E-state index contributed by atoms with van der Waals surface area (Å²) in [7, 11) is 1.59. The van der Waals surface area contributed by atoms with E-state index in [1.54, 1.807) is 32.2 Å². The van der Waals surface area contributed by atoms with Crippen molar-refractivity contribution >= 4 is 23.5 Å². The fraction of sp³-hybridized carbons (Fsp3) is 0.400. The smallest absolute Gasteiger partial charge is 0.308 e. The topological polar surface area (TPSA) is 86.7 Å². The number of amides is 2. The number of nitrogens with one attached hydrogen (secondary N) is 1. The summed E-state index contributed by atoms with van der Waals surface area (Å²) in [4.78, 5) is 35.8. The Labute approximate surface area is 122 Å². The molecule has 0 bridgehead atoms. The van der Waals surface area contributed by atoms with Crippen LogP contribution >= 0.6 is 0 Å². The lowest BCUT2D eigenvalue weighted by molar-refractivity contribution is -0.141. The van der Waals surface area contributed by atoms with Crippen LogP contribution in [0.25, 0.3) is 0 Å². The molecule has 112 valence electrons. The number of hydrogen-bond acceptors (Lipinski definition) is 3. The van der Waals surface area contributed by atoms with Crippen molar-refractivity contribution in [2.45, 2.75) is 19.8 Å². The predicted molar refractivity (Wildman–Crippen MR) is 77.2 cm³/mol. The Bertz CT molecular complexity index is 597. The SMILES string of the molecule is C[C@@H](CN(C)C(=O)c1ccc2c(c1)CCC(=O)N2)C(=O)O. The Morgan fingerprint density at radius 3 is 2.76 bits per heavy atom. The molecule has 1 aromatic carbocycles. The van der Waals surface area contributed by atoms with Crippen molar-refractivity contribution in [3.63, 3.8) is 0 Å². The maximum atomic E-state index is 12.3. The molecule has 0 aromatic heterocycles. The second-order valence-electron chi connectivity index (χ2n) is 5.35. The molecule has 0 saturated heterocycles. The molecule has 0 saturated carbocycles. The molecule has 21 heavy (non-hydrogen) atoms. The molecule has 2 amide bonds. The van der Waals surface area contributed by atoms with Gasteiger partial charge in [0.1, 0.15) is 0 Å². The molecule has 0 aliphatic carbocycles. The zero-order valence-electron chi connectivity index (χ0n) is 12.0. The zero-order valence-corrected chi connectivity index (χ0v) is 12.0. The van der Waals surface area contributed by atoms with E-state index in [1.807, 2.05) is 0 Å². The van der Waals surface area contributed by atoms with Gasteiger partial charge in [0.15, 0.2) is 0 Å². The highest BCUT2D eigenvalue weighted by Gasteiger charge is 2.21. The van der Waals surface area contributed by atoms with Crippen molar-refractivity contribution in [2.24, 2.45) is 5.92 Å². The van der Waals surface area contributed by atoms with Crippen LogP contribution in [0.5, 0.6) is 0 Å². The first-order chi connectivity index (χ1) is 9.88. The van der Waals surface area contributed by atoms with Crippen molar-refractivity contribution in [1.29, 1.82) is 0 Å². The molecular formula is C15H18N2O4. The van der Waals surface area contributed by atoms with E-state index in [0.29, 0.717) is 18.4 Å². The molecule has 2 rings (SSSR count). The summed E-state index contributed by atoms with van der Waals surface area (Å²) < 4.78 is 0. The largest absolute Gasteiger partial charge is 0.481 e. The second-order valence-corrected chi connectivity index (χ2v) is 5.35. The van der Waals surface area contributed by atoms with Gasteiger partial charge in [-0.15, -0.1) is 0 Å². The van der Waals surface area contributed by atoms with E-state index in [1.165, 1.54) is 4.90 Å². The third-order valence-electron chi connectivity index (χ3n) is 3.56. The van der Waals surface area contributed by atoms with Crippen molar-refractivity contribution in [3.05, 3.63) is 29.3 Å². The van der Waals surface area contributed by atoms with Crippen LogP contribution < -0.4 is 5.32 Å². The Morgan fingerprint density at radius 1 is 1.38 bits per heavy atom. The Hall–Kier alpha value is -2.37. The summed E-state index contributed by atoms with van der Waals surface area (Å²) in [6, 6.07) is 5.13. The van der Waals surface area contributed by atoms with Crippen molar-refractivity contribution in [2.75, 3.05) is 18.9 Å². The molecule has 0 fully saturated rings. The number of carbonyl (C=O) groups is 3. The lowest BCUT2D eigenvalue weighted by atomic mass is 10.00. The quantitative estimate of drug-likeness (QED) is 0.876. The van der Waals surface area contributed by atoms with Gasteiger partial charge in [0.2, 0.25) is 5.91 Å². The van der Waals surface area contributed by atoms with Gasteiger partial charge in [0.25, 0.3) is 5.91 Å². The first-order valence-corrected chi connectivity index (χ1v) is 6.79. The van der Waals surface area contributed by atoms with E-state index in [4.69, 9.17) is 5.11 Å². The van der Waals surface area contributed by atoms with Crippen LogP contribution in [0.4, 0.5) is 5.69 Å². The number of carboxylic acid groups (broad SMARTS) is 1. The molecule has 2 N–H and O–H groups in total. The number of anilines is 1. The molecule has 0 spiro atoms. The second kappa shape index (κ2) is 5.95. The van der Waals surface area contributed by atoms with Crippen LogP contribution in [-0.4, -0.2) is 41.4 Å². The fourth-order valence-electron chi connectivity index (χ4n) is 2.31. The summed E-state index contributed by atoms with van der Waals surface area (Å²) >= 11 is 0. The molecule has 0 unspecified atom stereocenters. The number of carboxylic acids is 1. The predicted octanol–water partition coefficient (Wildman–Crippen LogP) is 1.36. The van der Waals surface area contributed by atoms with Gasteiger partial charge in [-0.1, -0.05) is 6.92 Å². The van der Waals surface area contributed by atoms with Crippen molar-refractivity contribution in [1.82, 2.24) is 4.90 Å². The van der Waals surface area contributed by atoms with E-state index in [-0.39, 0.29) is 18.4 Å². The molecule has 0 radical (unpaired) electrons. The minimum absolute atomic E-state index is 0.0195. The van der Waals surface area contributed by atoms with Crippen molar-refractivity contribution < 1.29 is 19.5 Å². The van der Waals surface area contributed by atoms with Gasteiger partial charge in [-0.3, -0.25) is 14.4 Å². The van der Waals surface area contributed by atoms with Crippen LogP contribution in [-0.2, 0) is 16.0 Å². The summed E-state index contributed by atoms with van der Waals surface area (Å²) in [5.74, 6) is -1.78. The molecule has 6 nitrogen and oxygen atoms in total. The molecule has 1 aliphatic heterocycles. The number of nitrogens with zero attached hydrogens (tertiary/aromatic N) is 1. The van der Waals surface area contributed by atoms with Gasteiger partial charge in [-0.05, 0) is 30.2 Å². The van der Waals surface area contributed by atoms with Gasteiger partial charge in [0, 0.05) is 31.3 Å². The third-order valence-corrected chi connectivity index (χ3v) is 3.56. The van der Waals surface area contributed by atoms with Gasteiger partial charge >= 0.3 is 5.97 Å². The third kappa shape index (κ3) is 3.39. The number of aliphatic carboxylic acids is 1. The lowest BCUT2D eigenvalue weighted by Gasteiger charge is -2.21. The van der Waals surface area contributed by atoms with Gasteiger partial charge in [0.05, 0.1) is 5.92 Å². The molecular weight excluding hydrogens is 272 g/mol. The van der Waals surface area contributed by atoms with Crippen LogP contribution in [0.3, 0.4) is 0 Å². The average molecular weight is 290 g/mol. The first kappa shape index (κ1) is 15.0. The Kier molecular flexibility index (Phi) is 4.26. The highest BCUT2D eigenvalue weighted by atomic mass is 16.4. The number of benzene rings is 1. The molecule has 6 heteroatoms. The highest BCUT2D eigenvalue weighted by molar-refractivity contribution is 5.98. The maximum absolute atomic E-state index is 12.3. The van der Waals surface area contributed by atoms with E-state index >= 15 is 0 Å². The highest BCUT2D eigenvalue weighted by Crippen LogP contribution is 2.24. The van der Waals surface area contributed by atoms with E-state index in [2.05, 4.69) is 5.32 Å². The van der Waals surface area contributed by atoms with E-state index in [9.17, 15) is 14.4 Å².